The molecule has 1 amide bonds. The van der Waals surface area contributed by atoms with Crippen LogP contribution >= 0.6 is 0 Å². The van der Waals surface area contributed by atoms with Crippen LogP contribution in [0.3, 0.4) is 0 Å². The van der Waals surface area contributed by atoms with Gasteiger partial charge in [0.25, 0.3) is 0 Å². The van der Waals surface area contributed by atoms with Crippen LogP contribution in [0, 0.1) is 0 Å². The van der Waals surface area contributed by atoms with Gasteiger partial charge in [0.1, 0.15) is 6.54 Å². The lowest BCUT2D eigenvalue weighted by Gasteiger charge is -2.27. The van der Waals surface area contributed by atoms with Crippen LogP contribution in [-0.2, 0) is 20.7 Å². The number of methoxy groups -OCH3 is 1. The number of aromatic nitrogens is 1. The van der Waals surface area contributed by atoms with E-state index in [9.17, 15) is 9.59 Å². The number of pyridine rings is 1. The number of ether oxygens (including phenoxy) is 1. The van der Waals surface area contributed by atoms with Crippen LogP contribution in [0.4, 0.5) is 0 Å². The Morgan fingerprint density at radius 1 is 1.35 bits per heavy atom. The van der Waals surface area contributed by atoms with Crippen LogP contribution in [0.15, 0.2) is 24.4 Å². The Hall–Kier alpha value is -1.91. The number of hydrogen-bond acceptors (Lipinski definition) is 4. The van der Waals surface area contributed by atoms with E-state index in [0.29, 0.717) is 0 Å². The van der Waals surface area contributed by atoms with E-state index in [1.165, 1.54) is 7.11 Å². The monoisotopic (exact) mass is 276 g/mol. The van der Waals surface area contributed by atoms with Crippen LogP contribution in [0.5, 0.6) is 0 Å². The summed E-state index contributed by atoms with van der Waals surface area (Å²) in [4.78, 5) is 29.8. The van der Waals surface area contributed by atoms with Gasteiger partial charge in [-0.3, -0.25) is 14.6 Å². The summed E-state index contributed by atoms with van der Waals surface area (Å²) in [6.45, 7) is 0.0346. The first-order valence-corrected chi connectivity index (χ1v) is 6.97. The van der Waals surface area contributed by atoms with Crippen molar-refractivity contribution in [2.45, 2.75) is 38.1 Å². The molecule has 5 nitrogen and oxygen atoms in total. The Morgan fingerprint density at radius 3 is 2.70 bits per heavy atom. The first-order valence-electron chi connectivity index (χ1n) is 6.97. The summed E-state index contributed by atoms with van der Waals surface area (Å²) < 4.78 is 4.69. The maximum atomic E-state index is 12.4. The van der Waals surface area contributed by atoms with Gasteiger partial charge >= 0.3 is 5.97 Å². The third-order valence-corrected chi connectivity index (χ3v) is 3.67. The quantitative estimate of drug-likeness (QED) is 0.766. The van der Waals surface area contributed by atoms with Crippen LogP contribution in [0.25, 0.3) is 0 Å². The van der Waals surface area contributed by atoms with Crippen molar-refractivity contribution in [3.8, 4) is 0 Å². The number of hydrogen-bond donors (Lipinski definition) is 0. The largest absolute Gasteiger partial charge is 0.468 e. The van der Waals surface area contributed by atoms with Gasteiger partial charge in [0.2, 0.25) is 5.91 Å². The Balaban J connectivity index is 2.04. The summed E-state index contributed by atoms with van der Waals surface area (Å²) in [6.07, 6.45) is 6.05. The molecule has 1 saturated carbocycles. The Bertz CT molecular complexity index is 455. The van der Waals surface area contributed by atoms with E-state index in [2.05, 4.69) is 4.98 Å². The molecule has 1 aliphatic carbocycles. The summed E-state index contributed by atoms with van der Waals surface area (Å²) in [7, 11) is 1.35. The minimum Gasteiger partial charge on any atom is -0.468 e. The molecule has 20 heavy (non-hydrogen) atoms. The zero-order valence-electron chi connectivity index (χ0n) is 11.7. The second-order valence-electron chi connectivity index (χ2n) is 5.03. The highest BCUT2D eigenvalue weighted by Gasteiger charge is 2.28. The zero-order chi connectivity index (χ0) is 14.4. The molecule has 1 aromatic rings. The van der Waals surface area contributed by atoms with E-state index >= 15 is 0 Å². The highest BCUT2D eigenvalue weighted by atomic mass is 16.5. The first-order chi connectivity index (χ1) is 9.70. The third kappa shape index (κ3) is 3.79. The Labute approximate surface area is 118 Å². The van der Waals surface area contributed by atoms with Crippen LogP contribution in [0.1, 0.15) is 31.4 Å². The second kappa shape index (κ2) is 7.03. The van der Waals surface area contributed by atoms with E-state index in [-0.39, 0.29) is 30.9 Å². The summed E-state index contributed by atoms with van der Waals surface area (Å²) in [5, 5.41) is 0. The first kappa shape index (κ1) is 14.5. The van der Waals surface area contributed by atoms with E-state index in [1.54, 1.807) is 11.1 Å². The summed E-state index contributed by atoms with van der Waals surface area (Å²) in [5.74, 6) is -0.424. The molecule has 0 aromatic carbocycles. The number of amides is 1. The molecule has 5 heteroatoms. The van der Waals surface area contributed by atoms with Crippen molar-refractivity contribution in [3.63, 3.8) is 0 Å². The minimum absolute atomic E-state index is 0.0346. The number of carbonyl (C=O) groups is 2. The molecule has 0 N–H and O–H groups in total. The highest BCUT2D eigenvalue weighted by molar-refractivity contribution is 5.83. The molecular formula is C15H20N2O3. The zero-order valence-corrected chi connectivity index (χ0v) is 11.7. The normalized spacial score (nSPS) is 15.1. The van der Waals surface area contributed by atoms with Gasteiger partial charge in [-0.05, 0) is 25.0 Å². The number of nitrogens with zero attached hydrogens (tertiary/aromatic N) is 2. The lowest BCUT2D eigenvalue weighted by molar-refractivity contribution is -0.148. The van der Waals surface area contributed by atoms with Gasteiger partial charge in [-0.15, -0.1) is 0 Å². The van der Waals surface area contributed by atoms with Crippen molar-refractivity contribution in [3.05, 3.63) is 30.1 Å². The van der Waals surface area contributed by atoms with Gasteiger partial charge in [0.05, 0.1) is 13.5 Å². The maximum Gasteiger partial charge on any atom is 0.325 e. The summed E-state index contributed by atoms with van der Waals surface area (Å²) in [6, 6.07) is 5.65. The highest BCUT2D eigenvalue weighted by Crippen LogP contribution is 2.24. The maximum absolute atomic E-state index is 12.4. The fourth-order valence-electron chi connectivity index (χ4n) is 2.60. The molecule has 0 saturated heterocycles. The average Bonchev–Trinajstić information content (AvgIpc) is 2.99. The summed E-state index contributed by atoms with van der Waals surface area (Å²) in [5.41, 5.74) is 0.727. The second-order valence-corrected chi connectivity index (χ2v) is 5.03. The SMILES string of the molecule is COC(=O)CN(C(=O)Cc1ccccn1)C1CCCC1. The molecule has 1 heterocycles. The molecule has 0 spiro atoms. The number of rotatable bonds is 5. The molecule has 0 aliphatic heterocycles. The molecule has 1 fully saturated rings. The molecule has 108 valence electrons. The Morgan fingerprint density at radius 2 is 2.10 bits per heavy atom. The summed E-state index contributed by atoms with van der Waals surface area (Å²) >= 11 is 0. The van der Waals surface area contributed by atoms with E-state index in [4.69, 9.17) is 4.74 Å². The lowest BCUT2D eigenvalue weighted by Crippen LogP contribution is -2.43. The molecule has 0 unspecified atom stereocenters. The van der Waals surface area contributed by atoms with Crippen LogP contribution in [0.2, 0.25) is 0 Å². The van der Waals surface area contributed by atoms with Crippen molar-refractivity contribution >= 4 is 11.9 Å². The molecule has 1 aliphatic rings. The van der Waals surface area contributed by atoms with E-state index in [1.807, 2.05) is 18.2 Å². The van der Waals surface area contributed by atoms with Crippen LogP contribution in [-0.4, -0.2) is 41.5 Å². The van der Waals surface area contributed by atoms with E-state index < -0.39 is 0 Å². The van der Waals surface area contributed by atoms with Gasteiger partial charge in [0.15, 0.2) is 0 Å². The molecular weight excluding hydrogens is 256 g/mol. The van der Waals surface area contributed by atoms with Gasteiger partial charge in [-0.1, -0.05) is 18.9 Å². The average molecular weight is 276 g/mol. The fraction of sp³-hybridized carbons (Fsp3) is 0.533. The van der Waals surface area contributed by atoms with Crippen molar-refractivity contribution in [2.75, 3.05) is 13.7 Å². The molecule has 0 radical (unpaired) electrons. The molecule has 1 aromatic heterocycles. The van der Waals surface area contributed by atoms with Crippen molar-refractivity contribution < 1.29 is 14.3 Å². The Kier molecular flexibility index (Phi) is 5.09. The van der Waals surface area contributed by atoms with Gasteiger partial charge in [-0.2, -0.15) is 0 Å². The number of esters is 1. The smallest absolute Gasteiger partial charge is 0.325 e. The van der Waals surface area contributed by atoms with E-state index in [0.717, 1.165) is 31.4 Å². The molecule has 0 atom stereocenters. The fourth-order valence-corrected chi connectivity index (χ4v) is 2.60. The van der Waals surface area contributed by atoms with Crippen molar-refractivity contribution in [1.29, 1.82) is 0 Å². The molecule has 0 bridgehead atoms. The van der Waals surface area contributed by atoms with Gasteiger partial charge in [-0.25, -0.2) is 0 Å². The van der Waals surface area contributed by atoms with Crippen molar-refractivity contribution in [1.82, 2.24) is 9.88 Å². The van der Waals surface area contributed by atoms with Crippen LogP contribution < -0.4 is 0 Å². The minimum atomic E-state index is -0.369. The standard InChI is InChI=1S/C15H20N2O3/c1-20-15(19)11-17(13-7-2-3-8-13)14(18)10-12-6-4-5-9-16-12/h4-6,9,13H,2-3,7-8,10-11H2,1H3. The van der Waals surface area contributed by atoms with Crippen molar-refractivity contribution in [2.24, 2.45) is 0 Å². The third-order valence-electron chi connectivity index (χ3n) is 3.67. The lowest BCUT2D eigenvalue weighted by atomic mass is 10.1. The molecule has 2 rings (SSSR count). The predicted octanol–water partition coefficient (Wildman–Crippen LogP) is 1.57. The predicted molar refractivity (Wildman–Crippen MR) is 73.9 cm³/mol. The van der Waals surface area contributed by atoms with Gasteiger partial charge in [0, 0.05) is 17.9 Å². The topological polar surface area (TPSA) is 59.5 Å². The number of carbonyl (C=O) groups excluding carboxylic acids is 2. The van der Waals surface area contributed by atoms with Gasteiger partial charge < -0.3 is 9.64 Å².